The van der Waals surface area contributed by atoms with E-state index in [1.807, 2.05) is 30.3 Å². The van der Waals surface area contributed by atoms with Crippen LogP contribution in [0.15, 0.2) is 54.6 Å². The average Bonchev–Trinajstić information content (AvgIpc) is 2.58. The third-order valence-electron chi connectivity index (χ3n) is 3.98. The van der Waals surface area contributed by atoms with Gasteiger partial charge in [-0.2, -0.15) is 0 Å². The molecule has 0 saturated carbocycles. The zero-order valence-corrected chi connectivity index (χ0v) is 14.9. The lowest BCUT2D eigenvalue weighted by Gasteiger charge is -2.07. The third kappa shape index (κ3) is 7.51. The minimum atomic E-state index is 0. The number of aryl methyl sites for hydroxylation is 2. The smallest absolute Gasteiger partial charge is 0.220 e. The summed E-state index contributed by atoms with van der Waals surface area (Å²) < 4.78 is 0. The number of amides is 1. The van der Waals surface area contributed by atoms with E-state index in [4.69, 9.17) is 5.73 Å². The molecule has 130 valence electrons. The number of carbonyl (C=O) groups excluding carboxylic acids is 1. The molecule has 3 N–H and O–H groups in total. The number of carbonyl (C=O) groups is 1. The number of rotatable bonds is 9. The van der Waals surface area contributed by atoms with E-state index < -0.39 is 0 Å². The summed E-state index contributed by atoms with van der Waals surface area (Å²) in [4.78, 5) is 11.8. The van der Waals surface area contributed by atoms with Crippen LogP contribution in [0.2, 0.25) is 0 Å². The molecule has 0 unspecified atom stereocenters. The minimum absolute atomic E-state index is 0. The molecule has 0 aliphatic heterocycles. The Kier molecular flexibility index (Phi) is 9.62. The van der Waals surface area contributed by atoms with Crippen LogP contribution in [0.3, 0.4) is 0 Å². The first-order valence-electron chi connectivity index (χ1n) is 8.40. The van der Waals surface area contributed by atoms with Gasteiger partial charge in [0.05, 0.1) is 0 Å². The number of hydrogen-bond acceptors (Lipinski definition) is 2. The second-order valence-corrected chi connectivity index (χ2v) is 5.85. The highest BCUT2D eigenvalue weighted by Gasteiger charge is 2.03. The molecule has 4 heteroatoms. The minimum Gasteiger partial charge on any atom is -0.399 e. The van der Waals surface area contributed by atoms with Crippen molar-refractivity contribution in [3.8, 4) is 0 Å². The molecule has 0 radical (unpaired) electrons. The highest BCUT2D eigenvalue weighted by molar-refractivity contribution is 5.85. The SMILES string of the molecule is Cl.Nc1ccccc1CCC(=O)NCCCCCc1ccccc1. The molecule has 0 aromatic heterocycles. The van der Waals surface area contributed by atoms with E-state index >= 15 is 0 Å². The maximum Gasteiger partial charge on any atom is 0.220 e. The Morgan fingerprint density at radius 2 is 1.58 bits per heavy atom. The molecular weight excluding hydrogens is 320 g/mol. The van der Waals surface area contributed by atoms with Crippen molar-refractivity contribution in [1.82, 2.24) is 5.32 Å². The van der Waals surface area contributed by atoms with E-state index in [1.165, 1.54) is 12.0 Å². The highest BCUT2D eigenvalue weighted by Crippen LogP contribution is 2.12. The van der Waals surface area contributed by atoms with Gasteiger partial charge in [0.15, 0.2) is 0 Å². The fraction of sp³-hybridized carbons (Fsp3) is 0.350. The summed E-state index contributed by atoms with van der Waals surface area (Å²) in [5.41, 5.74) is 9.08. The Morgan fingerprint density at radius 1 is 0.875 bits per heavy atom. The Morgan fingerprint density at radius 3 is 2.33 bits per heavy atom. The number of hydrogen-bond donors (Lipinski definition) is 2. The quantitative estimate of drug-likeness (QED) is 0.529. The van der Waals surface area contributed by atoms with Crippen molar-refractivity contribution in [1.29, 1.82) is 0 Å². The largest absolute Gasteiger partial charge is 0.399 e. The summed E-state index contributed by atoms with van der Waals surface area (Å²) >= 11 is 0. The van der Waals surface area contributed by atoms with Gasteiger partial charge in [0.1, 0.15) is 0 Å². The Labute approximate surface area is 151 Å². The second kappa shape index (κ2) is 11.5. The Hall–Kier alpha value is -2.00. The summed E-state index contributed by atoms with van der Waals surface area (Å²) in [7, 11) is 0. The van der Waals surface area contributed by atoms with Gasteiger partial charge in [-0.25, -0.2) is 0 Å². The van der Waals surface area contributed by atoms with Gasteiger partial charge in [0.25, 0.3) is 0 Å². The molecule has 0 spiro atoms. The fourth-order valence-electron chi connectivity index (χ4n) is 2.60. The number of para-hydroxylation sites is 1. The first kappa shape index (κ1) is 20.0. The zero-order valence-electron chi connectivity index (χ0n) is 14.0. The normalized spacial score (nSPS) is 10.0. The predicted octanol–water partition coefficient (Wildman–Crippen LogP) is 4.15. The van der Waals surface area contributed by atoms with E-state index in [0.29, 0.717) is 12.8 Å². The van der Waals surface area contributed by atoms with E-state index in [1.54, 1.807) is 0 Å². The molecule has 0 saturated heterocycles. The monoisotopic (exact) mass is 346 g/mol. The molecule has 0 atom stereocenters. The van der Waals surface area contributed by atoms with Crippen LogP contribution in [0.4, 0.5) is 5.69 Å². The lowest BCUT2D eigenvalue weighted by molar-refractivity contribution is -0.121. The van der Waals surface area contributed by atoms with Gasteiger partial charge < -0.3 is 11.1 Å². The van der Waals surface area contributed by atoms with Gasteiger partial charge in [-0.05, 0) is 42.9 Å². The van der Waals surface area contributed by atoms with Gasteiger partial charge in [-0.3, -0.25) is 4.79 Å². The summed E-state index contributed by atoms with van der Waals surface area (Å²) in [6.07, 6.45) is 5.65. The van der Waals surface area contributed by atoms with Gasteiger partial charge >= 0.3 is 0 Å². The second-order valence-electron chi connectivity index (χ2n) is 5.85. The van der Waals surface area contributed by atoms with E-state index in [0.717, 1.165) is 37.1 Å². The van der Waals surface area contributed by atoms with Crippen molar-refractivity contribution in [3.63, 3.8) is 0 Å². The van der Waals surface area contributed by atoms with E-state index in [2.05, 4.69) is 29.6 Å². The first-order valence-corrected chi connectivity index (χ1v) is 8.40. The molecule has 0 aliphatic rings. The molecule has 1 amide bonds. The van der Waals surface area contributed by atoms with Gasteiger partial charge in [-0.1, -0.05) is 55.0 Å². The number of halogens is 1. The maximum absolute atomic E-state index is 11.8. The number of nitrogens with two attached hydrogens (primary N) is 1. The summed E-state index contributed by atoms with van der Waals surface area (Å²) in [5, 5.41) is 2.99. The molecule has 0 fully saturated rings. The Balaban J connectivity index is 0.00000288. The zero-order chi connectivity index (χ0) is 16.3. The van der Waals surface area contributed by atoms with Gasteiger partial charge in [0.2, 0.25) is 5.91 Å². The number of anilines is 1. The van der Waals surface area contributed by atoms with Crippen LogP contribution in [0, 0.1) is 0 Å². The van der Waals surface area contributed by atoms with Crippen molar-refractivity contribution in [2.75, 3.05) is 12.3 Å². The number of nitrogens with one attached hydrogen (secondary N) is 1. The molecule has 2 rings (SSSR count). The average molecular weight is 347 g/mol. The van der Waals surface area contributed by atoms with Crippen molar-refractivity contribution < 1.29 is 4.79 Å². The molecular formula is C20H27ClN2O. The highest BCUT2D eigenvalue weighted by atomic mass is 35.5. The number of unbranched alkanes of at least 4 members (excludes halogenated alkanes) is 2. The Bertz CT molecular complexity index is 602. The number of benzene rings is 2. The fourth-order valence-corrected chi connectivity index (χ4v) is 2.60. The maximum atomic E-state index is 11.8. The molecule has 3 nitrogen and oxygen atoms in total. The van der Waals surface area contributed by atoms with Crippen LogP contribution in [0.1, 0.15) is 36.8 Å². The molecule has 0 bridgehead atoms. The summed E-state index contributed by atoms with van der Waals surface area (Å²) in [6.45, 7) is 0.762. The number of nitrogen functional groups attached to an aromatic ring is 1. The van der Waals surface area contributed by atoms with Crippen molar-refractivity contribution in [3.05, 3.63) is 65.7 Å². The molecule has 0 heterocycles. The predicted molar refractivity (Wildman–Crippen MR) is 103 cm³/mol. The molecule has 2 aromatic carbocycles. The molecule has 2 aromatic rings. The van der Waals surface area contributed by atoms with Crippen LogP contribution in [-0.2, 0) is 17.6 Å². The third-order valence-corrected chi connectivity index (χ3v) is 3.98. The van der Waals surface area contributed by atoms with E-state index in [-0.39, 0.29) is 18.3 Å². The lowest BCUT2D eigenvalue weighted by atomic mass is 10.1. The topological polar surface area (TPSA) is 55.1 Å². The molecule has 24 heavy (non-hydrogen) atoms. The summed E-state index contributed by atoms with van der Waals surface area (Å²) in [6, 6.07) is 18.2. The van der Waals surface area contributed by atoms with Gasteiger partial charge in [-0.15, -0.1) is 12.4 Å². The van der Waals surface area contributed by atoms with Crippen molar-refractivity contribution in [2.24, 2.45) is 0 Å². The van der Waals surface area contributed by atoms with Crippen molar-refractivity contribution in [2.45, 2.75) is 38.5 Å². The van der Waals surface area contributed by atoms with Crippen molar-refractivity contribution >= 4 is 24.0 Å². The molecule has 0 aliphatic carbocycles. The van der Waals surface area contributed by atoms with Crippen LogP contribution >= 0.6 is 12.4 Å². The van der Waals surface area contributed by atoms with E-state index in [9.17, 15) is 4.79 Å². The van der Waals surface area contributed by atoms with Crippen LogP contribution in [0.25, 0.3) is 0 Å². The van der Waals surface area contributed by atoms with Gasteiger partial charge in [0, 0.05) is 18.7 Å². The summed E-state index contributed by atoms with van der Waals surface area (Å²) in [5.74, 6) is 0.108. The van der Waals surface area contributed by atoms with Crippen LogP contribution in [0.5, 0.6) is 0 Å². The standard InChI is InChI=1S/C20H26N2O.ClH/c21-19-13-7-6-12-18(19)14-15-20(23)22-16-8-2-5-11-17-9-3-1-4-10-17;/h1,3-4,6-7,9-10,12-13H,2,5,8,11,14-16,21H2,(H,22,23);1H. The van der Waals surface area contributed by atoms with Crippen LogP contribution in [-0.4, -0.2) is 12.5 Å². The van der Waals surface area contributed by atoms with Crippen LogP contribution < -0.4 is 11.1 Å². The first-order chi connectivity index (χ1) is 11.3. The lowest BCUT2D eigenvalue weighted by Crippen LogP contribution is -2.24.